The van der Waals surface area contributed by atoms with Crippen molar-refractivity contribution >= 4 is 22.8 Å². The average molecular weight is 248 g/mol. The van der Waals surface area contributed by atoms with E-state index in [-0.39, 0.29) is 18.9 Å². The minimum Gasteiger partial charge on any atom is -0.468 e. The summed E-state index contributed by atoms with van der Waals surface area (Å²) in [7, 11) is 1.26. The lowest BCUT2D eigenvalue weighted by Gasteiger charge is -2.01. The lowest BCUT2D eigenvalue weighted by Crippen LogP contribution is -2.31. The van der Waals surface area contributed by atoms with Crippen molar-refractivity contribution < 1.29 is 18.8 Å². The van der Waals surface area contributed by atoms with E-state index in [0.29, 0.717) is 11.3 Å². The van der Waals surface area contributed by atoms with Crippen molar-refractivity contribution in [1.82, 2.24) is 10.5 Å². The Balaban J connectivity index is 2.01. The summed E-state index contributed by atoms with van der Waals surface area (Å²) in [4.78, 5) is 22.4. The van der Waals surface area contributed by atoms with E-state index >= 15 is 0 Å². The largest absolute Gasteiger partial charge is 0.468 e. The van der Waals surface area contributed by atoms with Crippen LogP contribution in [0.5, 0.6) is 0 Å². The summed E-state index contributed by atoms with van der Waals surface area (Å²) in [5.41, 5.74) is 1.18. The van der Waals surface area contributed by atoms with E-state index < -0.39 is 5.97 Å². The predicted octanol–water partition coefficient (Wildman–Crippen LogP) is 0.659. The Labute approximate surface area is 103 Å². The number of amides is 1. The van der Waals surface area contributed by atoms with Gasteiger partial charge in [0, 0.05) is 5.39 Å². The first kappa shape index (κ1) is 12.1. The molecule has 0 aliphatic carbocycles. The molecule has 1 aromatic heterocycles. The van der Waals surface area contributed by atoms with Gasteiger partial charge in [-0.05, 0) is 12.1 Å². The molecule has 2 aromatic rings. The fourth-order valence-corrected chi connectivity index (χ4v) is 1.52. The van der Waals surface area contributed by atoms with Crippen LogP contribution in [0.15, 0.2) is 28.8 Å². The van der Waals surface area contributed by atoms with Crippen LogP contribution >= 0.6 is 0 Å². The third-order valence-electron chi connectivity index (χ3n) is 2.44. The van der Waals surface area contributed by atoms with Crippen molar-refractivity contribution in [2.24, 2.45) is 0 Å². The second kappa shape index (κ2) is 5.31. The van der Waals surface area contributed by atoms with Gasteiger partial charge < -0.3 is 14.6 Å². The maximum atomic E-state index is 11.6. The van der Waals surface area contributed by atoms with E-state index in [1.54, 1.807) is 6.07 Å². The highest BCUT2D eigenvalue weighted by Crippen LogP contribution is 2.17. The highest BCUT2D eigenvalue weighted by molar-refractivity contribution is 5.87. The molecule has 1 N–H and O–H groups in total. The highest BCUT2D eigenvalue weighted by atomic mass is 16.5. The van der Waals surface area contributed by atoms with Gasteiger partial charge in [0.05, 0.1) is 13.5 Å². The van der Waals surface area contributed by atoms with Gasteiger partial charge >= 0.3 is 5.97 Å². The zero-order chi connectivity index (χ0) is 13.0. The summed E-state index contributed by atoms with van der Waals surface area (Å²) in [6, 6.07) is 7.27. The Morgan fingerprint density at radius 1 is 1.39 bits per heavy atom. The lowest BCUT2D eigenvalue weighted by atomic mass is 10.1. The van der Waals surface area contributed by atoms with Crippen LogP contribution in [0.3, 0.4) is 0 Å². The molecule has 0 unspecified atom stereocenters. The molecule has 94 valence electrons. The molecule has 0 aliphatic heterocycles. The number of fused-ring (bicyclic) bond motifs is 1. The molecule has 6 nitrogen and oxygen atoms in total. The van der Waals surface area contributed by atoms with Crippen molar-refractivity contribution in [3.8, 4) is 0 Å². The quantitative estimate of drug-likeness (QED) is 0.804. The van der Waals surface area contributed by atoms with Crippen molar-refractivity contribution in [1.29, 1.82) is 0 Å². The summed E-state index contributed by atoms with van der Waals surface area (Å²) in [6.07, 6.45) is 0.0635. The van der Waals surface area contributed by atoms with Crippen molar-refractivity contribution in [2.45, 2.75) is 6.42 Å². The first-order valence-corrected chi connectivity index (χ1v) is 5.37. The van der Waals surface area contributed by atoms with Gasteiger partial charge in [-0.2, -0.15) is 0 Å². The van der Waals surface area contributed by atoms with E-state index in [1.165, 1.54) is 7.11 Å². The predicted molar refractivity (Wildman–Crippen MR) is 62.7 cm³/mol. The zero-order valence-electron chi connectivity index (χ0n) is 9.80. The Morgan fingerprint density at radius 2 is 2.17 bits per heavy atom. The van der Waals surface area contributed by atoms with Crippen molar-refractivity contribution in [3.63, 3.8) is 0 Å². The van der Waals surface area contributed by atoms with Gasteiger partial charge in [-0.15, -0.1) is 0 Å². The summed E-state index contributed by atoms with van der Waals surface area (Å²) in [6.45, 7) is -0.148. The number of methoxy groups -OCH3 is 1. The molecule has 1 aromatic carbocycles. The Kier molecular flexibility index (Phi) is 3.57. The highest BCUT2D eigenvalue weighted by Gasteiger charge is 2.12. The molecule has 18 heavy (non-hydrogen) atoms. The number of benzene rings is 1. The van der Waals surface area contributed by atoms with Crippen LogP contribution in [-0.2, 0) is 20.7 Å². The van der Waals surface area contributed by atoms with E-state index in [2.05, 4.69) is 15.2 Å². The summed E-state index contributed by atoms with van der Waals surface area (Å²) >= 11 is 0. The number of para-hydroxylation sites is 1. The maximum absolute atomic E-state index is 11.6. The molecule has 0 atom stereocenters. The van der Waals surface area contributed by atoms with Crippen LogP contribution in [0.25, 0.3) is 11.0 Å². The number of hydrogen-bond donors (Lipinski definition) is 1. The van der Waals surface area contributed by atoms with Crippen LogP contribution in [-0.4, -0.2) is 30.7 Å². The van der Waals surface area contributed by atoms with Crippen molar-refractivity contribution in [3.05, 3.63) is 30.0 Å². The third kappa shape index (κ3) is 2.65. The monoisotopic (exact) mass is 248 g/mol. The number of rotatable bonds is 4. The number of aromatic nitrogens is 1. The average Bonchev–Trinajstić information content (AvgIpc) is 2.79. The molecule has 2 rings (SSSR count). The number of esters is 1. The van der Waals surface area contributed by atoms with E-state index in [1.807, 2.05) is 18.2 Å². The number of carbonyl (C=O) groups excluding carboxylic acids is 2. The Hall–Kier alpha value is -2.37. The van der Waals surface area contributed by atoms with Gasteiger partial charge in [0.25, 0.3) is 0 Å². The number of nitrogens with one attached hydrogen (secondary N) is 1. The fraction of sp³-hybridized carbons (Fsp3) is 0.250. The first-order chi connectivity index (χ1) is 8.70. The smallest absolute Gasteiger partial charge is 0.325 e. The molecular formula is C12H12N2O4. The number of nitrogens with zero attached hydrogens (tertiary/aromatic N) is 1. The lowest BCUT2D eigenvalue weighted by molar-refractivity contribution is -0.141. The van der Waals surface area contributed by atoms with Gasteiger partial charge in [-0.25, -0.2) is 0 Å². The molecule has 0 aliphatic rings. The Morgan fingerprint density at radius 3 is 2.94 bits per heavy atom. The van der Waals surface area contributed by atoms with Crippen LogP contribution < -0.4 is 5.32 Å². The summed E-state index contributed by atoms with van der Waals surface area (Å²) < 4.78 is 9.49. The van der Waals surface area contributed by atoms with Gasteiger partial charge in [-0.1, -0.05) is 17.3 Å². The molecule has 0 saturated heterocycles. The topological polar surface area (TPSA) is 81.4 Å². The number of hydrogen-bond acceptors (Lipinski definition) is 5. The molecule has 1 heterocycles. The van der Waals surface area contributed by atoms with Crippen LogP contribution in [0.2, 0.25) is 0 Å². The van der Waals surface area contributed by atoms with Gasteiger partial charge in [0.1, 0.15) is 12.2 Å². The molecular weight excluding hydrogens is 236 g/mol. The van der Waals surface area contributed by atoms with Crippen LogP contribution in [0.1, 0.15) is 5.69 Å². The van der Waals surface area contributed by atoms with E-state index in [0.717, 1.165) is 5.39 Å². The minimum atomic E-state index is -0.492. The first-order valence-electron chi connectivity index (χ1n) is 5.37. The molecule has 0 radical (unpaired) electrons. The third-order valence-corrected chi connectivity index (χ3v) is 2.44. The normalized spacial score (nSPS) is 10.3. The maximum Gasteiger partial charge on any atom is 0.325 e. The fourth-order valence-electron chi connectivity index (χ4n) is 1.52. The second-order valence-electron chi connectivity index (χ2n) is 3.66. The van der Waals surface area contributed by atoms with E-state index in [9.17, 15) is 9.59 Å². The van der Waals surface area contributed by atoms with Gasteiger partial charge in [-0.3, -0.25) is 9.59 Å². The summed E-state index contributed by atoms with van der Waals surface area (Å²) in [5, 5.41) is 7.07. The van der Waals surface area contributed by atoms with Gasteiger partial charge in [0.2, 0.25) is 5.91 Å². The van der Waals surface area contributed by atoms with Gasteiger partial charge in [0.15, 0.2) is 5.58 Å². The Bertz CT molecular complexity index is 576. The molecule has 0 bridgehead atoms. The zero-order valence-corrected chi connectivity index (χ0v) is 9.80. The number of carbonyl (C=O) groups is 2. The molecule has 1 amide bonds. The SMILES string of the molecule is COC(=O)CNC(=O)Cc1noc2ccccc12. The number of ether oxygens (including phenoxy) is 1. The summed E-state index contributed by atoms with van der Waals surface area (Å²) in [5.74, 6) is -0.798. The van der Waals surface area contributed by atoms with Crippen LogP contribution in [0, 0.1) is 0 Å². The molecule has 0 fully saturated rings. The van der Waals surface area contributed by atoms with E-state index in [4.69, 9.17) is 4.52 Å². The molecule has 0 spiro atoms. The molecule has 0 saturated carbocycles. The van der Waals surface area contributed by atoms with Crippen molar-refractivity contribution in [2.75, 3.05) is 13.7 Å². The molecule has 6 heteroatoms. The standard InChI is InChI=1S/C12H12N2O4/c1-17-12(16)7-13-11(15)6-9-8-4-2-3-5-10(8)18-14-9/h2-5H,6-7H2,1H3,(H,13,15). The van der Waals surface area contributed by atoms with Crippen LogP contribution in [0.4, 0.5) is 0 Å². The second-order valence-corrected chi connectivity index (χ2v) is 3.66. The minimum absolute atomic E-state index is 0.0635.